The van der Waals surface area contributed by atoms with E-state index >= 15 is 0 Å². The van der Waals surface area contributed by atoms with Crippen molar-refractivity contribution in [3.63, 3.8) is 0 Å². The first kappa shape index (κ1) is 13.2. The lowest BCUT2D eigenvalue weighted by molar-refractivity contribution is 0.902. The van der Waals surface area contributed by atoms with Crippen molar-refractivity contribution in [2.45, 2.75) is 26.7 Å². The molecule has 3 nitrogen and oxygen atoms in total. The monoisotopic (exact) mass is 281 g/mol. The molecule has 0 aliphatic carbocycles. The van der Waals surface area contributed by atoms with Crippen LogP contribution in [0.2, 0.25) is 10.3 Å². The van der Waals surface area contributed by atoms with E-state index in [1.165, 1.54) is 0 Å². The highest BCUT2D eigenvalue weighted by Crippen LogP contribution is 2.26. The van der Waals surface area contributed by atoms with Crippen LogP contribution in [0.3, 0.4) is 0 Å². The van der Waals surface area contributed by atoms with Gasteiger partial charge in [0, 0.05) is 23.0 Å². The second kappa shape index (κ2) is 5.63. The molecular weight excluding hydrogens is 269 g/mol. The quantitative estimate of drug-likeness (QED) is 0.795. The molecule has 2 aromatic rings. The van der Waals surface area contributed by atoms with Gasteiger partial charge in [0.1, 0.15) is 10.3 Å². The molecule has 0 radical (unpaired) electrons. The maximum atomic E-state index is 6.14. The Labute approximate surface area is 116 Å². The molecule has 5 heteroatoms. The minimum Gasteiger partial charge on any atom is -0.261 e. The van der Waals surface area contributed by atoms with E-state index in [-0.39, 0.29) is 0 Å². The minimum absolute atomic E-state index is 0.424. The maximum Gasteiger partial charge on any atom is 0.164 e. The van der Waals surface area contributed by atoms with Crippen LogP contribution < -0.4 is 0 Å². The first-order valence-electron chi connectivity index (χ1n) is 5.76. The third kappa shape index (κ3) is 2.79. The molecule has 0 saturated carbocycles. The fourth-order valence-electron chi connectivity index (χ4n) is 1.62. The molecule has 0 N–H and O–H groups in total. The maximum absolute atomic E-state index is 6.14. The lowest BCUT2D eigenvalue weighted by atomic mass is 10.2. The number of hydrogen-bond acceptors (Lipinski definition) is 3. The first-order valence-corrected chi connectivity index (χ1v) is 6.52. The molecule has 0 spiro atoms. The van der Waals surface area contributed by atoms with Crippen molar-refractivity contribution in [2.24, 2.45) is 0 Å². The Balaban J connectivity index is 2.44. The number of pyridine rings is 1. The van der Waals surface area contributed by atoms with Crippen LogP contribution in [0, 0.1) is 6.92 Å². The highest BCUT2D eigenvalue weighted by atomic mass is 35.5. The predicted molar refractivity (Wildman–Crippen MR) is 74.0 cm³/mol. The fraction of sp³-hybridized carbons (Fsp3) is 0.308. The molecule has 0 aliphatic heterocycles. The molecule has 2 heterocycles. The summed E-state index contributed by atoms with van der Waals surface area (Å²) in [6.07, 6.45) is 3.45. The molecule has 0 bridgehead atoms. The van der Waals surface area contributed by atoms with Gasteiger partial charge in [-0.1, -0.05) is 36.5 Å². The lowest BCUT2D eigenvalue weighted by Gasteiger charge is -2.07. The van der Waals surface area contributed by atoms with E-state index in [1.54, 1.807) is 6.20 Å². The Morgan fingerprint density at radius 1 is 1.11 bits per heavy atom. The smallest absolute Gasteiger partial charge is 0.164 e. The fourth-order valence-corrected chi connectivity index (χ4v) is 2.19. The molecule has 0 saturated heterocycles. The van der Waals surface area contributed by atoms with Crippen LogP contribution in [0.15, 0.2) is 18.3 Å². The normalized spacial score (nSPS) is 10.7. The number of hydrogen-bond donors (Lipinski definition) is 0. The van der Waals surface area contributed by atoms with Crippen molar-refractivity contribution < 1.29 is 0 Å². The summed E-state index contributed by atoms with van der Waals surface area (Å²) in [5.41, 5.74) is 2.57. The van der Waals surface area contributed by atoms with Crippen molar-refractivity contribution in [1.82, 2.24) is 15.0 Å². The molecule has 2 aromatic heterocycles. The van der Waals surface area contributed by atoms with Gasteiger partial charge in [0.25, 0.3) is 0 Å². The zero-order valence-corrected chi connectivity index (χ0v) is 11.8. The van der Waals surface area contributed by atoms with Crippen LogP contribution in [0.4, 0.5) is 0 Å². The molecule has 0 unspecified atom stereocenters. The minimum atomic E-state index is 0.424. The summed E-state index contributed by atoms with van der Waals surface area (Å²) in [5, 5.41) is 0.847. The van der Waals surface area contributed by atoms with Crippen LogP contribution in [-0.4, -0.2) is 15.0 Å². The van der Waals surface area contributed by atoms with Gasteiger partial charge >= 0.3 is 0 Å². The van der Waals surface area contributed by atoms with Crippen molar-refractivity contribution in [3.8, 4) is 11.4 Å². The molecule has 18 heavy (non-hydrogen) atoms. The van der Waals surface area contributed by atoms with E-state index in [0.29, 0.717) is 16.1 Å². The van der Waals surface area contributed by atoms with Gasteiger partial charge in [0.2, 0.25) is 0 Å². The van der Waals surface area contributed by atoms with E-state index in [1.807, 2.05) is 19.1 Å². The Morgan fingerprint density at radius 3 is 2.28 bits per heavy atom. The summed E-state index contributed by atoms with van der Waals surface area (Å²) < 4.78 is 0. The summed E-state index contributed by atoms with van der Waals surface area (Å²) >= 11 is 12.3. The number of aryl methyl sites for hydroxylation is 1. The highest BCUT2D eigenvalue weighted by Gasteiger charge is 2.12. The molecule has 0 aliphatic rings. The molecule has 94 valence electrons. The van der Waals surface area contributed by atoms with E-state index in [9.17, 15) is 0 Å². The van der Waals surface area contributed by atoms with Gasteiger partial charge < -0.3 is 0 Å². The third-order valence-electron chi connectivity index (χ3n) is 2.58. The van der Waals surface area contributed by atoms with Crippen molar-refractivity contribution in [3.05, 3.63) is 39.9 Å². The zero-order valence-electron chi connectivity index (χ0n) is 10.2. The van der Waals surface area contributed by atoms with Crippen molar-refractivity contribution in [2.75, 3.05) is 0 Å². The SMILES string of the molecule is CCCc1c(Cl)nc(-c2ccc(C)nc2)nc1Cl. The van der Waals surface area contributed by atoms with Crippen LogP contribution in [-0.2, 0) is 6.42 Å². The Hall–Kier alpha value is -1.19. The van der Waals surface area contributed by atoms with Crippen molar-refractivity contribution in [1.29, 1.82) is 0 Å². The van der Waals surface area contributed by atoms with E-state index in [2.05, 4.69) is 21.9 Å². The van der Waals surface area contributed by atoms with Crippen LogP contribution in [0.25, 0.3) is 11.4 Å². The van der Waals surface area contributed by atoms with Gasteiger partial charge in [-0.05, 0) is 25.5 Å². The second-order valence-corrected chi connectivity index (χ2v) is 4.76. The van der Waals surface area contributed by atoms with Crippen LogP contribution >= 0.6 is 23.2 Å². The topological polar surface area (TPSA) is 38.7 Å². The summed E-state index contributed by atoms with van der Waals surface area (Å²) in [4.78, 5) is 12.8. The van der Waals surface area contributed by atoms with Gasteiger partial charge in [0.05, 0.1) is 0 Å². The second-order valence-electron chi connectivity index (χ2n) is 4.05. The highest BCUT2D eigenvalue weighted by molar-refractivity contribution is 6.34. The number of rotatable bonds is 3. The van der Waals surface area contributed by atoms with Gasteiger partial charge in [-0.25, -0.2) is 9.97 Å². The Bertz CT molecular complexity index is 530. The Kier molecular flexibility index (Phi) is 4.15. The number of nitrogens with zero attached hydrogens (tertiary/aromatic N) is 3. The molecule has 2 rings (SSSR count). The van der Waals surface area contributed by atoms with E-state index < -0.39 is 0 Å². The molecule has 0 amide bonds. The standard InChI is InChI=1S/C13H13Cl2N3/c1-3-4-10-11(14)17-13(18-12(10)15)9-6-5-8(2)16-7-9/h5-7H,3-4H2,1-2H3. The van der Waals surface area contributed by atoms with Crippen molar-refractivity contribution >= 4 is 23.2 Å². The number of aromatic nitrogens is 3. The van der Waals surface area contributed by atoms with Gasteiger partial charge in [-0.3, -0.25) is 4.98 Å². The Morgan fingerprint density at radius 2 is 1.78 bits per heavy atom. The largest absolute Gasteiger partial charge is 0.261 e. The lowest BCUT2D eigenvalue weighted by Crippen LogP contribution is -1.98. The predicted octanol–water partition coefficient (Wildman–Crippen LogP) is 4.11. The summed E-state index contributed by atoms with van der Waals surface area (Å²) in [6.45, 7) is 3.99. The summed E-state index contributed by atoms with van der Waals surface area (Å²) in [7, 11) is 0. The van der Waals surface area contributed by atoms with E-state index in [0.717, 1.165) is 29.7 Å². The number of halogens is 2. The molecule has 0 fully saturated rings. The van der Waals surface area contributed by atoms with Gasteiger partial charge in [-0.15, -0.1) is 0 Å². The molecular formula is C13H13Cl2N3. The first-order chi connectivity index (χ1) is 8.61. The summed E-state index contributed by atoms with van der Waals surface area (Å²) in [5.74, 6) is 0.511. The molecule has 0 aromatic carbocycles. The van der Waals surface area contributed by atoms with E-state index in [4.69, 9.17) is 23.2 Å². The average molecular weight is 282 g/mol. The molecule has 0 atom stereocenters. The third-order valence-corrected chi connectivity index (χ3v) is 3.20. The average Bonchev–Trinajstić information content (AvgIpc) is 2.34. The summed E-state index contributed by atoms with van der Waals surface area (Å²) in [6, 6.07) is 3.81. The van der Waals surface area contributed by atoms with Gasteiger partial charge in [0.15, 0.2) is 5.82 Å². The van der Waals surface area contributed by atoms with Crippen LogP contribution in [0.1, 0.15) is 24.6 Å². The zero-order chi connectivity index (χ0) is 13.1. The van der Waals surface area contributed by atoms with Gasteiger partial charge in [-0.2, -0.15) is 0 Å². The van der Waals surface area contributed by atoms with Crippen LogP contribution in [0.5, 0.6) is 0 Å².